The maximum Gasteiger partial charge on any atom is 0.354 e. The number of oxime groups is 1. The van der Waals surface area contributed by atoms with Crippen LogP contribution >= 0.6 is 23.2 Å². The Balaban J connectivity index is 3.04. The van der Waals surface area contributed by atoms with Crippen molar-refractivity contribution in [3.8, 4) is 0 Å². The molecular weight excluding hydrogens is 241 g/mol. The predicted molar refractivity (Wildman–Crippen MR) is 57.0 cm³/mol. The predicted octanol–water partition coefficient (Wildman–Crippen LogP) is 2.45. The van der Waals surface area contributed by atoms with E-state index in [0.29, 0.717) is 15.6 Å². The van der Waals surface area contributed by atoms with Gasteiger partial charge in [0.25, 0.3) is 0 Å². The molecule has 0 heterocycles. The SMILES string of the molecule is O=C(O)/C(Cc1c(Cl)cccc1Cl)=N\O. The van der Waals surface area contributed by atoms with Crippen molar-refractivity contribution in [2.45, 2.75) is 6.42 Å². The molecule has 0 radical (unpaired) electrons. The molecule has 0 saturated heterocycles. The molecule has 0 aromatic heterocycles. The molecule has 6 heteroatoms. The van der Waals surface area contributed by atoms with Crippen LogP contribution in [0.4, 0.5) is 0 Å². The fourth-order valence-electron chi connectivity index (χ4n) is 1.02. The van der Waals surface area contributed by atoms with Crippen molar-refractivity contribution in [2.75, 3.05) is 0 Å². The average molecular weight is 248 g/mol. The van der Waals surface area contributed by atoms with E-state index >= 15 is 0 Å². The van der Waals surface area contributed by atoms with Gasteiger partial charge in [-0.05, 0) is 17.7 Å². The third-order valence-corrected chi connectivity index (χ3v) is 2.48. The number of hydrogen-bond acceptors (Lipinski definition) is 3. The number of carboxylic acids is 1. The van der Waals surface area contributed by atoms with Crippen LogP contribution in [0.1, 0.15) is 5.56 Å². The summed E-state index contributed by atoms with van der Waals surface area (Å²) < 4.78 is 0. The fourth-order valence-corrected chi connectivity index (χ4v) is 1.55. The molecule has 1 aromatic rings. The minimum absolute atomic E-state index is 0.121. The Morgan fingerprint density at radius 1 is 1.33 bits per heavy atom. The molecule has 1 aromatic carbocycles. The van der Waals surface area contributed by atoms with E-state index in [1.807, 2.05) is 0 Å². The molecule has 0 bridgehead atoms. The number of carboxylic acid groups (broad SMARTS) is 1. The van der Waals surface area contributed by atoms with Gasteiger partial charge in [0.2, 0.25) is 0 Å². The van der Waals surface area contributed by atoms with Gasteiger partial charge in [0.1, 0.15) is 0 Å². The summed E-state index contributed by atoms with van der Waals surface area (Å²) >= 11 is 11.6. The summed E-state index contributed by atoms with van der Waals surface area (Å²) in [5.74, 6) is -1.31. The lowest BCUT2D eigenvalue weighted by Gasteiger charge is -2.05. The molecule has 0 saturated carbocycles. The summed E-state index contributed by atoms with van der Waals surface area (Å²) in [6, 6.07) is 4.81. The molecule has 1 rings (SSSR count). The first kappa shape index (κ1) is 11.8. The Hall–Kier alpha value is -1.26. The van der Waals surface area contributed by atoms with Crippen LogP contribution < -0.4 is 0 Å². The second-order valence-electron chi connectivity index (χ2n) is 2.73. The van der Waals surface area contributed by atoms with Gasteiger partial charge >= 0.3 is 5.97 Å². The van der Waals surface area contributed by atoms with Gasteiger partial charge in [-0.1, -0.05) is 34.4 Å². The highest BCUT2D eigenvalue weighted by atomic mass is 35.5. The minimum atomic E-state index is -1.31. The standard InChI is InChI=1S/C9H7Cl2NO3/c10-6-2-1-3-7(11)5(6)4-8(12-15)9(13)14/h1-3,15H,4H2,(H,13,14)/b12-8-. The van der Waals surface area contributed by atoms with Gasteiger partial charge in [0, 0.05) is 16.5 Å². The number of rotatable bonds is 3. The Kier molecular flexibility index (Phi) is 3.94. The monoisotopic (exact) mass is 247 g/mol. The number of nitrogens with zero attached hydrogens (tertiary/aromatic N) is 1. The average Bonchev–Trinajstić information content (AvgIpc) is 2.17. The summed E-state index contributed by atoms with van der Waals surface area (Å²) in [7, 11) is 0. The van der Waals surface area contributed by atoms with Crippen LogP contribution in [0.2, 0.25) is 10.0 Å². The van der Waals surface area contributed by atoms with Crippen LogP contribution in [0.5, 0.6) is 0 Å². The Labute approximate surface area is 95.7 Å². The molecule has 15 heavy (non-hydrogen) atoms. The fraction of sp³-hybridized carbons (Fsp3) is 0.111. The number of hydrogen-bond donors (Lipinski definition) is 2. The summed E-state index contributed by atoms with van der Waals surface area (Å²) in [5.41, 5.74) is 0.0148. The van der Waals surface area contributed by atoms with E-state index in [1.54, 1.807) is 18.2 Å². The molecule has 0 amide bonds. The lowest BCUT2D eigenvalue weighted by Crippen LogP contribution is -2.16. The molecular formula is C9H7Cl2NO3. The smallest absolute Gasteiger partial charge is 0.354 e. The molecule has 0 aliphatic rings. The quantitative estimate of drug-likeness (QED) is 0.490. The van der Waals surface area contributed by atoms with Crippen molar-refractivity contribution in [1.82, 2.24) is 0 Å². The van der Waals surface area contributed by atoms with Gasteiger partial charge in [-0.2, -0.15) is 0 Å². The summed E-state index contributed by atoms with van der Waals surface area (Å²) in [5, 5.41) is 20.4. The van der Waals surface area contributed by atoms with E-state index < -0.39 is 11.7 Å². The van der Waals surface area contributed by atoms with Crippen molar-refractivity contribution >= 4 is 34.9 Å². The summed E-state index contributed by atoms with van der Waals surface area (Å²) in [6.07, 6.45) is -0.121. The largest absolute Gasteiger partial charge is 0.477 e. The van der Waals surface area contributed by atoms with Gasteiger partial charge in [0.15, 0.2) is 5.71 Å². The topological polar surface area (TPSA) is 69.9 Å². The van der Waals surface area contributed by atoms with Crippen LogP contribution in [-0.4, -0.2) is 22.0 Å². The molecule has 0 fully saturated rings. The number of benzene rings is 1. The Bertz CT molecular complexity index is 398. The van der Waals surface area contributed by atoms with Crippen molar-refractivity contribution in [3.63, 3.8) is 0 Å². The third kappa shape index (κ3) is 2.84. The lowest BCUT2D eigenvalue weighted by atomic mass is 10.1. The van der Waals surface area contributed by atoms with E-state index in [-0.39, 0.29) is 6.42 Å². The number of aliphatic carboxylic acids is 1. The van der Waals surface area contributed by atoms with Crippen LogP contribution in [0, 0.1) is 0 Å². The Morgan fingerprint density at radius 3 is 2.27 bits per heavy atom. The number of halogens is 2. The molecule has 4 nitrogen and oxygen atoms in total. The summed E-state index contributed by atoms with van der Waals surface area (Å²) in [6.45, 7) is 0. The van der Waals surface area contributed by atoms with Crippen molar-refractivity contribution in [1.29, 1.82) is 0 Å². The molecule has 0 unspecified atom stereocenters. The molecule has 2 N–H and O–H groups in total. The number of carbonyl (C=O) groups is 1. The Morgan fingerprint density at radius 2 is 1.87 bits per heavy atom. The third-order valence-electron chi connectivity index (χ3n) is 1.77. The maximum absolute atomic E-state index is 10.6. The van der Waals surface area contributed by atoms with Crippen LogP contribution in [0.15, 0.2) is 23.4 Å². The van der Waals surface area contributed by atoms with Gasteiger partial charge in [-0.15, -0.1) is 0 Å². The molecule has 0 aliphatic heterocycles. The zero-order valence-electron chi connectivity index (χ0n) is 7.44. The summed E-state index contributed by atoms with van der Waals surface area (Å²) in [4.78, 5) is 10.6. The van der Waals surface area contributed by atoms with Crippen LogP contribution in [0.3, 0.4) is 0 Å². The highest BCUT2D eigenvalue weighted by Gasteiger charge is 2.15. The molecule has 0 atom stereocenters. The highest BCUT2D eigenvalue weighted by molar-refractivity contribution is 6.39. The molecule has 0 spiro atoms. The van der Waals surface area contributed by atoms with E-state index in [2.05, 4.69) is 5.16 Å². The molecule has 0 aliphatic carbocycles. The van der Waals surface area contributed by atoms with Gasteiger partial charge < -0.3 is 10.3 Å². The second-order valence-corrected chi connectivity index (χ2v) is 3.54. The molecule has 80 valence electrons. The minimum Gasteiger partial charge on any atom is -0.477 e. The zero-order chi connectivity index (χ0) is 11.4. The first-order valence-corrected chi connectivity index (χ1v) is 4.69. The zero-order valence-corrected chi connectivity index (χ0v) is 8.96. The van der Waals surface area contributed by atoms with E-state index in [0.717, 1.165) is 0 Å². The van der Waals surface area contributed by atoms with E-state index in [1.165, 1.54) is 0 Å². The van der Waals surface area contributed by atoms with E-state index in [9.17, 15) is 4.79 Å². The van der Waals surface area contributed by atoms with Gasteiger partial charge in [-0.3, -0.25) is 0 Å². The first-order chi connectivity index (χ1) is 7.06. The van der Waals surface area contributed by atoms with E-state index in [4.69, 9.17) is 33.5 Å². The lowest BCUT2D eigenvalue weighted by molar-refractivity contribution is -0.129. The van der Waals surface area contributed by atoms with Gasteiger partial charge in [-0.25, -0.2) is 4.79 Å². The van der Waals surface area contributed by atoms with Gasteiger partial charge in [0.05, 0.1) is 0 Å². The van der Waals surface area contributed by atoms with Crippen molar-refractivity contribution in [3.05, 3.63) is 33.8 Å². The maximum atomic E-state index is 10.6. The second kappa shape index (κ2) is 5.00. The van der Waals surface area contributed by atoms with Crippen LogP contribution in [-0.2, 0) is 11.2 Å². The first-order valence-electron chi connectivity index (χ1n) is 3.93. The van der Waals surface area contributed by atoms with Crippen molar-refractivity contribution < 1.29 is 15.1 Å². The normalized spacial score (nSPS) is 11.5. The van der Waals surface area contributed by atoms with Crippen molar-refractivity contribution in [2.24, 2.45) is 5.16 Å². The van der Waals surface area contributed by atoms with Crippen LogP contribution in [0.25, 0.3) is 0 Å². The highest BCUT2D eigenvalue weighted by Crippen LogP contribution is 2.24.